The lowest BCUT2D eigenvalue weighted by Gasteiger charge is -2.15. The summed E-state index contributed by atoms with van der Waals surface area (Å²) in [6, 6.07) is -0.115. The van der Waals surface area contributed by atoms with Crippen LogP contribution in [0.5, 0.6) is 0 Å². The van der Waals surface area contributed by atoms with E-state index in [0.717, 1.165) is 0 Å². The molecule has 0 aromatic carbocycles. The summed E-state index contributed by atoms with van der Waals surface area (Å²) in [5.41, 5.74) is 5.12. The minimum absolute atomic E-state index is 0.00999. The summed E-state index contributed by atoms with van der Waals surface area (Å²) in [7, 11) is 3.13. The zero-order chi connectivity index (χ0) is 13.4. The SMILES string of the molecule is CC.COCC(COC)NC(=O)CN.CS. The highest BCUT2D eigenvalue weighted by Gasteiger charge is 2.09. The molecule has 0 atom stereocenters. The largest absolute Gasteiger partial charge is 0.382 e. The molecular weight excluding hydrogens is 228 g/mol. The van der Waals surface area contributed by atoms with Crippen LogP contribution in [0.4, 0.5) is 0 Å². The Bertz CT molecular complexity index is 131. The molecule has 0 aromatic rings. The van der Waals surface area contributed by atoms with Crippen LogP contribution in [-0.4, -0.2) is 52.2 Å². The number of hydrogen-bond acceptors (Lipinski definition) is 5. The van der Waals surface area contributed by atoms with E-state index in [1.54, 1.807) is 20.5 Å². The fourth-order valence-corrected chi connectivity index (χ4v) is 0.820. The number of methoxy groups -OCH3 is 2. The number of ether oxygens (including phenoxy) is 2. The molecule has 0 aliphatic heterocycles. The second-order valence-electron chi connectivity index (χ2n) is 2.38. The molecule has 16 heavy (non-hydrogen) atoms. The summed E-state index contributed by atoms with van der Waals surface area (Å²) in [4.78, 5) is 10.8. The molecule has 0 fully saturated rings. The molecule has 0 spiro atoms. The van der Waals surface area contributed by atoms with Gasteiger partial charge in [-0.05, 0) is 6.26 Å². The smallest absolute Gasteiger partial charge is 0.234 e. The lowest BCUT2D eigenvalue weighted by molar-refractivity contribution is -0.121. The third kappa shape index (κ3) is 16.1. The Morgan fingerprint density at radius 2 is 1.62 bits per heavy atom. The van der Waals surface area contributed by atoms with Crippen molar-refractivity contribution in [2.24, 2.45) is 5.73 Å². The van der Waals surface area contributed by atoms with Crippen molar-refractivity contribution in [2.45, 2.75) is 19.9 Å². The average Bonchev–Trinajstić information content (AvgIpc) is 2.34. The maximum atomic E-state index is 10.8. The molecule has 0 aliphatic carbocycles. The van der Waals surface area contributed by atoms with Crippen molar-refractivity contribution in [2.75, 3.05) is 40.2 Å². The van der Waals surface area contributed by atoms with Gasteiger partial charge in [0.05, 0.1) is 25.8 Å². The molecule has 100 valence electrons. The Morgan fingerprint density at radius 1 is 1.25 bits per heavy atom. The molecule has 0 bridgehead atoms. The summed E-state index contributed by atoms with van der Waals surface area (Å²) in [6.07, 6.45) is 1.69. The summed E-state index contributed by atoms with van der Waals surface area (Å²) >= 11 is 3.53. The zero-order valence-electron chi connectivity index (χ0n) is 10.9. The monoisotopic (exact) mass is 254 g/mol. The van der Waals surface area contributed by atoms with Gasteiger partial charge in [-0.3, -0.25) is 4.79 Å². The highest BCUT2D eigenvalue weighted by molar-refractivity contribution is 7.79. The van der Waals surface area contributed by atoms with Gasteiger partial charge in [-0.2, -0.15) is 12.6 Å². The van der Waals surface area contributed by atoms with E-state index < -0.39 is 0 Å². The normalized spacial score (nSPS) is 8.50. The van der Waals surface area contributed by atoms with Gasteiger partial charge in [-0.1, -0.05) is 13.8 Å². The van der Waals surface area contributed by atoms with Crippen LogP contribution in [-0.2, 0) is 14.3 Å². The van der Waals surface area contributed by atoms with Crippen LogP contribution in [0.15, 0.2) is 0 Å². The highest BCUT2D eigenvalue weighted by atomic mass is 32.1. The van der Waals surface area contributed by atoms with Crippen molar-refractivity contribution in [3.63, 3.8) is 0 Å². The molecule has 0 heterocycles. The molecule has 0 aliphatic rings. The molecule has 0 aromatic heterocycles. The van der Waals surface area contributed by atoms with Crippen LogP contribution < -0.4 is 11.1 Å². The number of nitrogens with one attached hydrogen (secondary N) is 1. The van der Waals surface area contributed by atoms with Gasteiger partial charge in [0.1, 0.15) is 0 Å². The number of nitrogens with two attached hydrogens (primary N) is 1. The standard InChI is InChI=1S/C7H16N2O3.C2H6.CH4S/c1-11-4-6(5-12-2)9-7(10)3-8;2*1-2/h6H,3-5,8H2,1-2H3,(H,9,10);1-2H3;2H,1H3. The fourth-order valence-electron chi connectivity index (χ4n) is 0.820. The minimum atomic E-state index is -0.200. The number of rotatable bonds is 6. The van der Waals surface area contributed by atoms with Crippen LogP contribution in [0.1, 0.15) is 13.8 Å². The average molecular weight is 254 g/mol. The summed E-state index contributed by atoms with van der Waals surface area (Å²) in [5.74, 6) is -0.200. The number of amides is 1. The van der Waals surface area contributed by atoms with Crippen LogP contribution in [0, 0.1) is 0 Å². The van der Waals surface area contributed by atoms with Crippen LogP contribution >= 0.6 is 12.6 Å². The molecule has 1 amide bonds. The summed E-state index contributed by atoms with van der Waals surface area (Å²) in [6.45, 7) is 4.85. The van der Waals surface area contributed by atoms with Crippen molar-refractivity contribution >= 4 is 18.5 Å². The van der Waals surface area contributed by atoms with Crippen molar-refractivity contribution in [3.05, 3.63) is 0 Å². The van der Waals surface area contributed by atoms with Gasteiger partial charge in [0.15, 0.2) is 0 Å². The van der Waals surface area contributed by atoms with Gasteiger partial charge >= 0.3 is 0 Å². The second kappa shape index (κ2) is 20.2. The van der Waals surface area contributed by atoms with Crippen molar-refractivity contribution in [1.82, 2.24) is 5.32 Å². The van der Waals surface area contributed by atoms with E-state index in [1.165, 1.54) is 0 Å². The predicted molar refractivity (Wildman–Crippen MR) is 71.0 cm³/mol. The van der Waals surface area contributed by atoms with Crippen molar-refractivity contribution in [3.8, 4) is 0 Å². The molecular formula is C10H26N2O3S. The quantitative estimate of drug-likeness (QED) is 0.596. The molecule has 0 radical (unpaired) electrons. The molecule has 5 nitrogen and oxygen atoms in total. The van der Waals surface area contributed by atoms with Gasteiger partial charge in [0.25, 0.3) is 0 Å². The van der Waals surface area contributed by atoms with E-state index >= 15 is 0 Å². The first kappa shape index (κ1) is 21.0. The zero-order valence-corrected chi connectivity index (χ0v) is 11.8. The van der Waals surface area contributed by atoms with E-state index in [2.05, 4.69) is 17.9 Å². The Hall–Kier alpha value is -0.300. The maximum absolute atomic E-state index is 10.8. The molecule has 0 saturated carbocycles. The van der Waals surface area contributed by atoms with Crippen LogP contribution in [0.2, 0.25) is 0 Å². The Kier molecular flexibility index (Phi) is 26.5. The van der Waals surface area contributed by atoms with Crippen LogP contribution in [0.25, 0.3) is 0 Å². The number of hydrogen-bond donors (Lipinski definition) is 3. The fraction of sp³-hybridized carbons (Fsp3) is 0.900. The summed E-state index contributed by atoms with van der Waals surface area (Å²) < 4.78 is 9.73. The van der Waals surface area contributed by atoms with E-state index in [0.29, 0.717) is 13.2 Å². The van der Waals surface area contributed by atoms with E-state index in [1.807, 2.05) is 13.8 Å². The minimum Gasteiger partial charge on any atom is -0.382 e. The maximum Gasteiger partial charge on any atom is 0.234 e. The van der Waals surface area contributed by atoms with Crippen LogP contribution in [0.3, 0.4) is 0 Å². The van der Waals surface area contributed by atoms with E-state index in [9.17, 15) is 4.79 Å². The van der Waals surface area contributed by atoms with Gasteiger partial charge in [-0.25, -0.2) is 0 Å². The second-order valence-corrected chi connectivity index (χ2v) is 2.38. The first-order valence-electron chi connectivity index (χ1n) is 5.16. The Labute approximate surface area is 104 Å². The van der Waals surface area contributed by atoms with Gasteiger partial charge in [0, 0.05) is 14.2 Å². The van der Waals surface area contributed by atoms with E-state index in [-0.39, 0.29) is 18.5 Å². The lowest BCUT2D eigenvalue weighted by atomic mass is 10.3. The Morgan fingerprint density at radius 3 is 1.88 bits per heavy atom. The lowest BCUT2D eigenvalue weighted by Crippen LogP contribution is -2.43. The van der Waals surface area contributed by atoms with E-state index in [4.69, 9.17) is 15.2 Å². The molecule has 0 rings (SSSR count). The van der Waals surface area contributed by atoms with Gasteiger partial charge < -0.3 is 20.5 Å². The first-order chi connectivity index (χ1) is 7.74. The number of thiol groups is 1. The topological polar surface area (TPSA) is 73.6 Å². The highest BCUT2D eigenvalue weighted by Crippen LogP contribution is 1.85. The number of carbonyl (C=O) groups is 1. The third-order valence-corrected chi connectivity index (χ3v) is 1.29. The van der Waals surface area contributed by atoms with Gasteiger partial charge in [-0.15, -0.1) is 0 Å². The molecule has 0 saturated heterocycles. The van der Waals surface area contributed by atoms with Crippen molar-refractivity contribution < 1.29 is 14.3 Å². The van der Waals surface area contributed by atoms with Crippen molar-refractivity contribution in [1.29, 1.82) is 0 Å². The molecule has 6 heteroatoms. The third-order valence-electron chi connectivity index (χ3n) is 1.29. The summed E-state index contributed by atoms with van der Waals surface area (Å²) in [5, 5.41) is 2.65. The Balaban J connectivity index is -0.000000376. The molecule has 0 unspecified atom stereocenters. The number of carbonyl (C=O) groups excluding carboxylic acids is 1. The first-order valence-corrected chi connectivity index (χ1v) is 6.06. The molecule has 3 N–H and O–H groups in total. The van der Waals surface area contributed by atoms with Gasteiger partial charge in [0.2, 0.25) is 5.91 Å². The predicted octanol–water partition coefficient (Wildman–Crippen LogP) is 0.295.